The number of carboxylic acid groups (broad SMARTS) is 1. The van der Waals surface area contributed by atoms with Gasteiger partial charge in [-0.3, -0.25) is 0 Å². The lowest BCUT2D eigenvalue weighted by molar-refractivity contribution is 0.0694. The van der Waals surface area contributed by atoms with Crippen LogP contribution in [0, 0.1) is 0 Å². The Labute approximate surface area is 125 Å². The lowest BCUT2D eigenvalue weighted by atomic mass is 10.2. The summed E-state index contributed by atoms with van der Waals surface area (Å²) < 4.78 is 6.47. The second-order valence-electron chi connectivity index (χ2n) is 4.44. The van der Waals surface area contributed by atoms with Crippen molar-refractivity contribution >= 4 is 27.6 Å². The molecule has 0 saturated carbocycles. The third-order valence-electron chi connectivity index (χ3n) is 2.74. The molecule has 2 rings (SSSR count). The highest BCUT2D eigenvalue weighted by molar-refractivity contribution is 9.10. The summed E-state index contributed by atoms with van der Waals surface area (Å²) in [7, 11) is 3.86. The Morgan fingerprint density at radius 1 is 1.20 bits per heavy atom. The van der Waals surface area contributed by atoms with Crippen molar-refractivity contribution in [2.24, 2.45) is 0 Å². The molecule has 0 atom stereocenters. The molecule has 0 saturated heterocycles. The Morgan fingerprint density at radius 3 is 2.60 bits per heavy atom. The summed E-state index contributed by atoms with van der Waals surface area (Å²) in [5.41, 5.74) is 1.11. The minimum absolute atomic E-state index is 0.128. The van der Waals surface area contributed by atoms with Crippen LogP contribution in [-0.4, -0.2) is 25.2 Å². The largest absolute Gasteiger partial charge is 0.478 e. The molecule has 104 valence electrons. The van der Waals surface area contributed by atoms with Crippen LogP contribution < -0.4 is 9.64 Å². The molecular formula is C15H14BrNO3. The second-order valence-corrected chi connectivity index (χ2v) is 5.36. The van der Waals surface area contributed by atoms with Crippen molar-refractivity contribution in [3.05, 3.63) is 52.5 Å². The van der Waals surface area contributed by atoms with E-state index in [0.717, 1.165) is 10.2 Å². The third-order valence-corrected chi connectivity index (χ3v) is 3.23. The first-order chi connectivity index (χ1) is 9.47. The highest BCUT2D eigenvalue weighted by atomic mass is 79.9. The second kappa shape index (κ2) is 5.96. The molecule has 0 aliphatic heterocycles. The molecule has 5 heteroatoms. The van der Waals surface area contributed by atoms with Gasteiger partial charge in [-0.2, -0.15) is 0 Å². The third kappa shape index (κ3) is 3.30. The van der Waals surface area contributed by atoms with Crippen molar-refractivity contribution in [3.63, 3.8) is 0 Å². The van der Waals surface area contributed by atoms with E-state index in [9.17, 15) is 9.90 Å². The number of benzene rings is 2. The lowest BCUT2D eigenvalue weighted by Gasteiger charge is -2.14. The number of nitrogens with zero attached hydrogens (tertiary/aromatic N) is 1. The van der Waals surface area contributed by atoms with Crippen LogP contribution in [0.5, 0.6) is 11.5 Å². The fourth-order valence-electron chi connectivity index (χ4n) is 1.71. The molecular weight excluding hydrogens is 322 g/mol. The summed E-state index contributed by atoms with van der Waals surface area (Å²) in [6, 6.07) is 12.3. The summed E-state index contributed by atoms with van der Waals surface area (Å²) in [4.78, 5) is 13.1. The number of aromatic carboxylic acids is 1. The first-order valence-corrected chi connectivity index (χ1v) is 6.75. The van der Waals surface area contributed by atoms with Crippen molar-refractivity contribution in [1.29, 1.82) is 0 Å². The fourth-order valence-corrected chi connectivity index (χ4v) is 2.05. The number of ether oxygens (including phenoxy) is 1. The van der Waals surface area contributed by atoms with Gasteiger partial charge in [-0.15, -0.1) is 0 Å². The van der Waals surface area contributed by atoms with Gasteiger partial charge in [-0.05, 0) is 30.3 Å². The van der Waals surface area contributed by atoms with E-state index in [1.54, 1.807) is 18.2 Å². The van der Waals surface area contributed by atoms with Crippen LogP contribution in [0.4, 0.5) is 5.69 Å². The van der Waals surface area contributed by atoms with Gasteiger partial charge in [0.1, 0.15) is 17.1 Å². The van der Waals surface area contributed by atoms with Crippen molar-refractivity contribution < 1.29 is 14.6 Å². The van der Waals surface area contributed by atoms with Crippen LogP contribution in [0.3, 0.4) is 0 Å². The maximum Gasteiger partial charge on any atom is 0.339 e. The molecule has 0 aliphatic rings. The number of carbonyl (C=O) groups is 1. The van der Waals surface area contributed by atoms with Crippen LogP contribution in [0.1, 0.15) is 10.4 Å². The molecule has 1 N–H and O–H groups in total. The van der Waals surface area contributed by atoms with E-state index < -0.39 is 5.97 Å². The van der Waals surface area contributed by atoms with Crippen LogP contribution in [0.15, 0.2) is 46.9 Å². The first-order valence-electron chi connectivity index (χ1n) is 5.95. The SMILES string of the molecule is CN(C)c1cccc(Oc2cc(Br)ccc2C(=O)O)c1. The van der Waals surface area contributed by atoms with Gasteiger partial charge in [0.15, 0.2) is 0 Å². The zero-order valence-corrected chi connectivity index (χ0v) is 12.7. The van der Waals surface area contributed by atoms with Gasteiger partial charge < -0.3 is 14.7 Å². The smallest absolute Gasteiger partial charge is 0.339 e. The molecule has 2 aromatic rings. The number of hydrogen-bond donors (Lipinski definition) is 1. The van der Waals surface area contributed by atoms with E-state index >= 15 is 0 Å². The van der Waals surface area contributed by atoms with Crippen molar-refractivity contribution in [2.75, 3.05) is 19.0 Å². The van der Waals surface area contributed by atoms with E-state index in [0.29, 0.717) is 11.5 Å². The number of anilines is 1. The summed E-state index contributed by atoms with van der Waals surface area (Å²) in [5.74, 6) is -0.115. The summed E-state index contributed by atoms with van der Waals surface area (Å²) in [6.45, 7) is 0. The van der Waals surface area contributed by atoms with Crippen LogP contribution in [0.25, 0.3) is 0 Å². The molecule has 0 amide bonds. The minimum atomic E-state index is -1.02. The summed E-state index contributed by atoms with van der Waals surface area (Å²) in [5, 5.41) is 9.17. The van der Waals surface area contributed by atoms with E-state index in [1.807, 2.05) is 37.2 Å². The quantitative estimate of drug-likeness (QED) is 0.917. The van der Waals surface area contributed by atoms with Crippen LogP contribution >= 0.6 is 15.9 Å². The molecule has 4 nitrogen and oxygen atoms in total. The summed E-state index contributed by atoms with van der Waals surface area (Å²) in [6.07, 6.45) is 0. The number of carboxylic acids is 1. The lowest BCUT2D eigenvalue weighted by Crippen LogP contribution is -2.08. The molecule has 0 unspecified atom stereocenters. The molecule has 20 heavy (non-hydrogen) atoms. The standard InChI is InChI=1S/C15H14BrNO3/c1-17(2)11-4-3-5-12(9-11)20-14-8-10(16)6-7-13(14)15(18)19/h3-9H,1-2H3,(H,18,19). The predicted octanol–water partition coefficient (Wildman–Crippen LogP) is 4.01. The van der Waals surface area contributed by atoms with Gasteiger partial charge in [-0.1, -0.05) is 22.0 Å². The van der Waals surface area contributed by atoms with Crippen molar-refractivity contribution in [2.45, 2.75) is 0 Å². The molecule has 0 aliphatic carbocycles. The van der Waals surface area contributed by atoms with E-state index in [2.05, 4.69) is 15.9 Å². The molecule has 0 bridgehead atoms. The number of halogens is 1. The van der Waals surface area contributed by atoms with Crippen molar-refractivity contribution in [1.82, 2.24) is 0 Å². The van der Waals surface area contributed by atoms with Gasteiger partial charge in [0, 0.05) is 30.3 Å². The Kier molecular flexibility index (Phi) is 4.29. The zero-order chi connectivity index (χ0) is 14.7. The van der Waals surface area contributed by atoms with E-state index in [1.165, 1.54) is 6.07 Å². The minimum Gasteiger partial charge on any atom is -0.478 e. The van der Waals surface area contributed by atoms with E-state index in [4.69, 9.17) is 4.74 Å². The van der Waals surface area contributed by atoms with E-state index in [-0.39, 0.29) is 5.56 Å². The van der Waals surface area contributed by atoms with Crippen LogP contribution in [-0.2, 0) is 0 Å². The van der Waals surface area contributed by atoms with Gasteiger partial charge >= 0.3 is 5.97 Å². The monoisotopic (exact) mass is 335 g/mol. The predicted molar refractivity (Wildman–Crippen MR) is 81.9 cm³/mol. The Balaban J connectivity index is 2.36. The zero-order valence-electron chi connectivity index (χ0n) is 11.1. The fraction of sp³-hybridized carbons (Fsp3) is 0.133. The topological polar surface area (TPSA) is 49.8 Å². The van der Waals surface area contributed by atoms with Gasteiger partial charge in [-0.25, -0.2) is 4.79 Å². The number of rotatable bonds is 4. The Morgan fingerprint density at radius 2 is 1.95 bits per heavy atom. The molecule has 0 fully saturated rings. The van der Waals surface area contributed by atoms with Crippen molar-refractivity contribution in [3.8, 4) is 11.5 Å². The Bertz CT molecular complexity index is 641. The van der Waals surface area contributed by atoms with Crippen LogP contribution in [0.2, 0.25) is 0 Å². The molecule has 0 radical (unpaired) electrons. The average molecular weight is 336 g/mol. The maximum atomic E-state index is 11.2. The highest BCUT2D eigenvalue weighted by Crippen LogP contribution is 2.30. The normalized spacial score (nSPS) is 10.2. The number of hydrogen-bond acceptors (Lipinski definition) is 3. The molecule has 0 heterocycles. The van der Waals surface area contributed by atoms with Gasteiger partial charge in [0.05, 0.1) is 0 Å². The highest BCUT2D eigenvalue weighted by Gasteiger charge is 2.12. The molecule has 0 spiro atoms. The average Bonchev–Trinajstić information content (AvgIpc) is 2.38. The first kappa shape index (κ1) is 14.4. The molecule has 0 aromatic heterocycles. The molecule has 2 aromatic carbocycles. The maximum absolute atomic E-state index is 11.2. The Hall–Kier alpha value is -2.01. The van der Waals surface area contributed by atoms with Gasteiger partial charge in [0.2, 0.25) is 0 Å². The summed E-state index contributed by atoms with van der Waals surface area (Å²) >= 11 is 3.32. The van der Waals surface area contributed by atoms with Gasteiger partial charge in [0.25, 0.3) is 0 Å².